The fraction of sp³-hybridized carbons (Fsp3) is 0.700. The van der Waals surface area contributed by atoms with E-state index in [9.17, 15) is 4.79 Å². The molecule has 0 aliphatic carbocycles. The average Bonchev–Trinajstić information content (AvgIpc) is 2.04. The van der Waals surface area contributed by atoms with Gasteiger partial charge in [-0.1, -0.05) is 6.58 Å². The van der Waals surface area contributed by atoms with Crippen LogP contribution < -0.4 is 0 Å². The molecule has 1 atom stereocenters. The fourth-order valence-electron chi connectivity index (χ4n) is 1.64. The van der Waals surface area contributed by atoms with E-state index in [1.54, 1.807) is 6.92 Å². The third kappa shape index (κ3) is 1.87. The van der Waals surface area contributed by atoms with Crippen LogP contribution in [0.25, 0.3) is 0 Å². The van der Waals surface area contributed by atoms with Crippen molar-refractivity contribution in [1.29, 1.82) is 0 Å². The van der Waals surface area contributed by atoms with Gasteiger partial charge in [0.1, 0.15) is 0 Å². The van der Waals surface area contributed by atoms with Crippen LogP contribution in [0.2, 0.25) is 0 Å². The summed E-state index contributed by atoms with van der Waals surface area (Å²) in [4.78, 5) is 13.5. The van der Waals surface area contributed by atoms with E-state index in [4.69, 9.17) is 0 Å². The van der Waals surface area contributed by atoms with Crippen molar-refractivity contribution < 1.29 is 4.79 Å². The van der Waals surface area contributed by atoms with Gasteiger partial charge in [0.05, 0.1) is 0 Å². The molecule has 0 aromatic heterocycles. The molecule has 68 valence electrons. The van der Waals surface area contributed by atoms with Crippen LogP contribution in [0.15, 0.2) is 12.2 Å². The minimum Gasteiger partial charge on any atom is -0.336 e. The highest BCUT2D eigenvalue weighted by molar-refractivity contribution is 5.92. The summed E-state index contributed by atoms with van der Waals surface area (Å²) in [6, 6.07) is 0.406. The maximum Gasteiger partial charge on any atom is 0.249 e. The third-order valence-corrected chi connectivity index (χ3v) is 2.43. The van der Waals surface area contributed by atoms with Gasteiger partial charge < -0.3 is 4.90 Å². The molecule has 2 nitrogen and oxygen atoms in total. The number of piperidine rings is 1. The zero-order chi connectivity index (χ0) is 9.14. The second kappa shape index (κ2) is 3.74. The largest absolute Gasteiger partial charge is 0.336 e. The van der Waals surface area contributed by atoms with Crippen molar-refractivity contribution >= 4 is 5.91 Å². The molecule has 0 saturated carbocycles. The number of hydrogen-bond acceptors (Lipinski definition) is 1. The first-order valence-corrected chi connectivity index (χ1v) is 4.59. The fourth-order valence-corrected chi connectivity index (χ4v) is 1.64. The van der Waals surface area contributed by atoms with Crippen LogP contribution in [0.5, 0.6) is 0 Å². The highest BCUT2D eigenvalue weighted by atomic mass is 16.2. The summed E-state index contributed by atoms with van der Waals surface area (Å²) >= 11 is 0. The summed E-state index contributed by atoms with van der Waals surface area (Å²) in [5, 5.41) is 0. The van der Waals surface area contributed by atoms with Gasteiger partial charge in [-0.05, 0) is 33.1 Å². The van der Waals surface area contributed by atoms with Crippen molar-refractivity contribution in [2.75, 3.05) is 6.54 Å². The number of likely N-dealkylation sites (tertiary alicyclic amines) is 1. The Balaban J connectivity index is 2.59. The molecular weight excluding hydrogens is 150 g/mol. The van der Waals surface area contributed by atoms with Gasteiger partial charge in [0, 0.05) is 18.2 Å². The zero-order valence-electron chi connectivity index (χ0n) is 7.97. The molecule has 1 heterocycles. The van der Waals surface area contributed by atoms with Crippen LogP contribution >= 0.6 is 0 Å². The highest BCUT2D eigenvalue weighted by Crippen LogP contribution is 2.17. The van der Waals surface area contributed by atoms with Crippen LogP contribution in [-0.2, 0) is 4.79 Å². The Kier molecular flexibility index (Phi) is 2.90. The first-order valence-electron chi connectivity index (χ1n) is 4.59. The molecule has 12 heavy (non-hydrogen) atoms. The van der Waals surface area contributed by atoms with Crippen LogP contribution in [0.3, 0.4) is 0 Å². The summed E-state index contributed by atoms with van der Waals surface area (Å²) < 4.78 is 0. The Bertz CT molecular complexity index is 198. The third-order valence-electron chi connectivity index (χ3n) is 2.43. The molecule has 1 rings (SSSR count). The number of carbonyl (C=O) groups excluding carboxylic acids is 1. The molecule has 1 aliphatic rings. The van der Waals surface area contributed by atoms with Gasteiger partial charge in [0.15, 0.2) is 0 Å². The Morgan fingerprint density at radius 3 is 2.67 bits per heavy atom. The number of hydrogen-bond donors (Lipinski definition) is 0. The quantitative estimate of drug-likeness (QED) is 0.547. The summed E-state index contributed by atoms with van der Waals surface area (Å²) in [7, 11) is 0. The number of amides is 1. The van der Waals surface area contributed by atoms with E-state index in [-0.39, 0.29) is 5.91 Å². The lowest BCUT2D eigenvalue weighted by atomic mass is 10.0. The summed E-state index contributed by atoms with van der Waals surface area (Å²) in [6.07, 6.45) is 3.53. The van der Waals surface area contributed by atoms with Crippen LogP contribution in [-0.4, -0.2) is 23.4 Å². The van der Waals surface area contributed by atoms with Crippen molar-refractivity contribution in [2.24, 2.45) is 0 Å². The van der Waals surface area contributed by atoms with Gasteiger partial charge in [0.2, 0.25) is 5.91 Å². The SMILES string of the molecule is C=C(C)C(=O)N1CCCCC1C. The average molecular weight is 167 g/mol. The highest BCUT2D eigenvalue weighted by Gasteiger charge is 2.22. The lowest BCUT2D eigenvalue weighted by Crippen LogP contribution is -2.42. The van der Waals surface area contributed by atoms with Crippen LogP contribution in [0, 0.1) is 0 Å². The first kappa shape index (κ1) is 9.30. The second-order valence-corrected chi connectivity index (χ2v) is 3.62. The van der Waals surface area contributed by atoms with Crippen molar-refractivity contribution in [3.8, 4) is 0 Å². The van der Waals surface area contributed by atoms with Gasteiger partial charge in [-0.3, -0.25) is 4.79 Å². The number of nitrogens with zero attached hydrogens (tertiary/aromatic N) is 1. The normalized spacial score (nSPS) is 23.8. The van der Waals surface area contributed by atoms with Crippen molar-refractivity contribution in [3.63, 3.8) is 0 Å². The Morgan fingerprint density at radius 1 is 1.50 bits per heavy atom. The van der Waals surface area contributed by atoms with E-state index in [1.165, 1.54) is 6.42 Å². The van der Waals surface area contributed by atoms with E-state index in [2.05, 4.69) is 13.5 Å². The Hall–Kier alpha value is -0.790. The van der Waals surface area contributed by atoms with Gasteiger partial charge >= 0.3 is 0 Å². The van der Waals surface area contributed by atoms with Crippen molar-refractivity contribution in [3.05, 3.63) is 12.2 Å². The molecule has 0 aromatic carbocycles. The van der Waals surface area contributed by atoms with Gasteiger partial charge in [0.25, 0.3) is 0 Å². The molecule has 1 aliphatic heterocycles. The lowest BCUT2D eigenvalue weighted by molar-refractivity contribution is -0.130. The van der Waals surface area contributed by atoms with E-state index < -0.39 is 0 Å². The maximum absolute atomic E-state index is 11.5. The molecule has 0 bridgehead atoms. The number of carbonyl (C=O) groups is 1. The predicted octanol–water partition coefficient (Wildman–Crippen LogP) is 1.96. The van der Waals surface area contributed by atoms with Crippen molar-refractivity contribution in [1.82, 2.24) is 4.90 Å². The van der Waals surface area contributed by atoms with Crippen LogP contribution in [0.1, 0.15) is 33.1 Å². The molecule has 1 unspecified atom stereocenters. The molecule has 1 saturated heterocycles. The minimum atomic E-state index is 0.127. The lowest BCUT2D eigenvalue weighted by Gasteiger charge is -2.33. The Morgan fingerprint density at radius 2 is 2.17 bits per heavy atom. The summed E-state index contributed by atoms with van der Waals surface area (Å²) in [5.41, 5.74) is 0.656. The molecule has 0 spiro atoms. The summed E-state index contributed by atoms with van der Waals surface area (Å²) in [6.45, 7) is 8.48. The van der Waals surface area contributed by atoms with E-state index in [1.807, 2.05) is 4.90 Å². The standard InChI is InChI=1S/C10H17NO/c1-8(2)10(12)11-7-5-4-6-9(11)3/h9H,1,4-7H2,2-3H3. The first-order chi connectivity index (χ1) is 5.63. The molecule has 0 N–H and O–H groups in total. The minimum absolute atomic E-state index is 0.127. The predicted molar refractivity (Wildman–Crippen MR) is 49.8 cm³/mol. The molecule has 2 heteroatoms. The smallest absolute Gasteiger partial charge is 0.249 e. The monoisotopic (exact) mass is 167 g/mol. The maximum atomic E-state index is 11.5. The molecule has 1 fully saturated rings. The molecule has 0 radical (unpaired) electrons. The number of rotatable bonds is 1. The molecule has 1 amide bonds. The van der Waals surface area contributed by atoms with Crippen molar-refractivity contribution in [2.45, 2.75) is 39.2 Å². The second-order valence-electron chi connectivity index (χ2n) is 3.62. The van der Waals surface area contributed by atoms with E-state index in [0.29, 0.717) is 11.6 Å². The van der Waals surface area contributed by atoms with E-state index in [0.717, 1.165) is 19.4 Å². The Labute approximate surface area is 74.2 Å². The summed E-state index contributed by atoms with van der Waals surface area (Å²) in [5.74, 6) is 0.127. The topological polar surface area (TPSA) is 20.3 Å². The zero-order valence-corrected chi connectivity index (χ0v) is 7.97. The molecule has 0 aromatic rings. The van der Waals surface area contributed by atoms with Gasteiger partial charge in [-0.15, -0.1) is 0 Å². The van der Waals surface area contributed by atoms with Gasteiger partial charge in [-0.2, -0.15) is 0 Å². The van der Waals surface area contributed by atoms with E-state index >= 15 is 0 Å². The molecular formula is C10H17NO. The van der Waals surface area contributed by atoms with Crippen LogP contribution in [0.4, 0.5) is 0 Å². The van der Waals surface area contributed by atoms with Gasteiger partial charge in [-0.25, -0.2) is 0 Å².